The number of hydrogen-bond donors (Lipinski definition) is 1. The first-order chi connectivity index (χ1) is 8.00. The topological polar surface area (TPSA) is 55.1 Å². The number of carbonyl (C=O) groups is 1. The predicted octanol–water partition coefficient (Wildman–Crippen LogP) is 3.25. The molecule has 0 saturated heterocycles. The number of carboxylic acid groups (broad SMARTS) is 1. The van der Waals surface area contributed by atoms with E-state index >= 15 is 0 Å². The largest absolute Gasteiger partial charge is 0.476 e. The van der Waals surface area contributed by atoms with Gasteiger partial charge in [-0.25, -0.2) is 9.48 Å². The van der Waals surface area contributed by atoms with Gasteiger partial charge in [-0.1, -0.05) is 15.9 Å². The van der Waals surface area contributed by atoms with Gasteiger partial charge in [-0.15, -0.1) is 0 Å². The summed E-state index contributed by atoms with van der Waals surface area (Å²) in [7, 11) is 0. The maximum atomic E-state index is 11.0. The molecule has 0 aliphatic carbocycles. The Labute approximate surface area is 120 Å². The van der Waals surface area contributed by atoms with E-state index in [-0.39, 0.29) is 5.69 Å². The van der Waals surface area contributed by atoms with Crippen LogP contribution in [-0.2, 0) is 0 Å². The SMILES string of the molecule is Cc1c(I)c(C(=O)O)nn1-c1ccc(Br)cc1. The van der Waals surface area contributed by atoms with Gasteiger partial charge in [0.25, 0.3) is 0 Å². The van der Waals surface area contributed by atoms with Crippen LogP contribution in [0.25, 0.3) is 5.69 Å². The number of carboxylic acids is 1. The Morgan fingerprint density at radius 1 is 1.41 bits per heavy atom. The smallest absolute Gasteiger partial charge is 0.357 e. The molecule has 0 saturated carbocycles. The third kappa shape index (κ3) is 2.37. The first kappa shape index (κ1) is 12.6. The second-order valence-electron chi connectivity index (χ2n) is 3.44. The minimum absolute atomic E-state index is 0.0889. The highest BCUT2D eigenvalue weighted by Crippen LogP contribution is 2.21. The third-order valence-corrected chi connectivity index (χ3v) is 4.14. The molecule has 0 aliphatic rings. The molecule has 4 nitrogen and oxygen atoms in total. The molecule has 1 aromatic carbocycles. The number of aromatic nitrogens is 2. The zero-order valence-electron chi connectivity index (χ0n) is 8.82. The molecule has 2 rings (SSSR count). The Kier molecular flexibility index (Phi) is 3.53. The lowest BCUT2D eigenvalue weighted by Gasteiger charge is -2.03. The van der Waals surface area contributed by atoms with Crippen molar-refractivity contribution in [1.82, 2.24) is 9.78 Å². The number of rotatable bonds is 2. The lowest BCUT2D eigenvalue weighted by molar-refractivity contribution is 0.0689. The van der Waals surface area contributed by atoms with Gasteiger partial charge in [-0.05, 0) is 53.8 Å². The maximum absolute atomic E-state index is 11.0. The lowest BCUT2D eigenvalue weighted by atomic mass is 10.3. The lowest BCUT2D eigenvalue weighted by Crippen LogP contribution is -2.02. The van der Waals surface area contributed by atoms with Gasteiger partial charge in [-0.3, -0.25) is 0 Å². The molecule has 2 aromatic rings. The van der Waals surface area contributed by atoms with Crippen LogP contribution in [0.1, 0.15) is 16.2 Å². The van der Waals surface area contributed by atoms with Crippen LogP contribution < -0.4 is 0 Å². The van der Waals surface area contributed by atoms with E-state index in [0.717, 1.165) is 15.9 Å². The van der Waals surface area contributed by atoms with Crippen molar-refractivity contribution < 1.29 is 9.90 Å². The van der Waals surface area contributed by atoms with Gasteiger partial charge in [-0.2, -0.15) is 5.10 Å². The van der Waals surface area contributed by atoms with E-state index in [2.05, 4.69) is 21.0 Å². The molecular formula is C11H8BrIN2O2. The van der Waals surface area contributed by atoms with Crippen molar-refractivity contribution in [3.05, 3.63) is 43.7 Å². The fourth-order valence-electron chi connectivity index (χ4n) is 1.45. The van der Waals surface area contributed by atoms with E-state index in [1.807, 2.05) is 53.8 Å². The van der Waals surface area contributed by atoms with Crippen LogP contribution in [0.4, 0.5) is 0 Å². The highest BCUT2D eigenvalue weighted by atomic mass is 127. The maximum Gasteiger partial charge on any atom is 0.357 e. The molecule has 0 aliphatic heterocycles. The van der Waals surface area contributed by atoms with Gasteiger partial charge in [0.15, 0.2) is 5.69 Å². The van der Waals surface area contributed by atoms with Crippen LogP contribution in [0, 0.1) is 10.5 Å². The summed E-state index contributed by atoms with van der Waals surface area (Å²) in [6.45, 7) is 1.85. The summed E-state index contributed by atoms with van der Waals surface area (Å²) in [6, 6.07) is 7.55. The summed E-state index contributed by atoms with van der Waals surface area (Å²) in [5.41, 5.74) is 1.76. The quantitative estimate of drug-likeness (QED) is 0.779. The van der Waals surface area contributed by atoms with Gasteiger partial charge in [0.2, 0.25) is 0 Å². The van der Waals surface area contributed by atoms with E-state index in [1.54, 1.807) is 4.68 Å². The van der Waals surface area contributed by atoms with Crippen LogP contribution in [0.15, 0.2) is 28.7 Å². The Morgan fingerprint density at radius 3 is 2.47 bits per heavy atom. The third-order valence-electron chi connectivity index (χ3n) is 2.32. The zero-order valence-corrected chi connectivity index (χ0v) is 12.6. The van der Waals surface area contributed by atoms with Gasteiger partial charge in [0.05, 0.1) is 15.0 Å². The van der Waals surface area contributed by atoms with E-state index in [9.17, 15) is 4.79 Å². The second-order valence-corrected chi connectivity index (χ2v) is 5.44. The van der Waals surface area contributed by atoms with Crippen molar-refractivity contribution >= 4 is 44.5 Å². The first-order valence-corrected chi connectivity index (χ1v) is 6.62. The number of aromatic carboxylic acids is 1. The highest BCUT2D eigenvalue weighted by Gasteiger charge is 2.18. The number of nitrogens with zero attached hydrogens (tertiary/aromatic N) is 2. The van der Waals surface area contributed by atoms with Crippen LogP contribution >= 0.6 is 38.5 Å². The van der Waals surface area contributed by atoms with Crippen LogP contribution in [0.5, 0.6) is 0 Å². The van der Waals surface area contributed by atoms with Crippen molar-refractivity contribution in [2.24, 2.45) is 0 Å². The summed E-state index contributed by atoms with van der Waals surface area (Å²) in [5, 5.41) is 13.1. The molecule has 0 bridgehead atoms. The Morgan fingerprint density at radius 2 is 2.00 bits per heavy atom. The van der Waals surface area contributed by atoms with Crippen LogP contribution in [0.2, 0.25) is 0 Å². The minimum atomic E-state index is -1.01. The molecule has 0 spiro atoms. The van der Waals surface area contributed by atoms with Crippen molar-refractivity contribution in [3.63, 3.8) is 0 Å². The van der Waals surface area contributed by atoms with Gasteiger partial charge < -0.3 is 5.11 Å². The van der Waals surface area contributed by atoms with Crippen molar-refractivity contribution in [3.8, 4) is 5.69 Å². The first-order valence-electron chi connectivity index (χ1n) is 4.75. The van der Waals surface area contributed by atoms with Gasteiger partial charge >= 0.3 is 5.97 Å². The molecule has 17 heavy (non-hydrogen) atoms. The monoisotopic (exact) mass is 406 g/mol. The summed E-state index contributed by atoms with van der Waals surface area (Å²) in [4.78, 5) is 11.0. The van der Waals surface area contributed by atoms with Crippen molar-refractivity contribution in [1.29, 1.82) is 0 Å². The number of benzene rings is 1. The molecule has 88 valence electrons. The Balaban J connectivity index is 2.56. The Hall–Kier alpha value is -0.890. The molecule has 1 aromatic heterocycles. The van der Waals surface area contributed by atoms with Gasteiger partial charge in [0, 0.05) is 4.47 Å². The fraction of sp³-hybridized carbons (Fsp3) is 0.0909. The molecule has 1 N–H and O–H groups in total. The highest BCUT2D eigenvalue weighted by molar-refractivity contribution is 14.1. The summed E-state index contributed by atoms with van der Waals surface area (Å²) in [6.07, 6.45) is 0. The summed E-state index contributed by atoms with van der Waals surface area (Å²) in [5.74, 6) is -1.01. The van der Waals surface area contributed by atoms with Crippen molar-refractivity contribution in [2.75, 3.05) is 0 Å². The van der Waals surface area contributed by atoms with Crippen LogP contribution in [0.3, 0.4) is 0 Å². The summed E-state index contributed by atoms with van der Waals surface area (Å²) >= 11 is 5.36. The normalized spacial score (nSPS) is 10.5. The molecule has 1 heterocycles. The zero-order chi connectivity index (χ0) is 12.6. The molecule has 0 fully saturated rings. The molecule has 0 unspecified atom stereocenters. The van der Waals surface area contributed by atoms with E-state index in [1.165, 1.54) is 0 Å². The molecule has 0 atom stereocenters. The van der Waals surface area contributed by atoms with E-state index in [4.69, 9.17) is 5.11 Å². The van der Waals surface area contributed by atoms with Gasteiger partial charge in [0.1, 0.15) is 0 Å². The molecular weight excluding hydrogens is 399 g/mol. The molecule has 6 heteroatoms. The minimum Gasteiger partial charge on any atom is -0.476 e. The standard InChI is InChI=1S/C11H8BrIN2O2/c1-6-9(13)10(11(16)17)14-15(6)8-4-2-7(12)3-5-8/h2-5H,1H3,(H,16,17). The average molecular weight is 407 g/mol. The predicted molar refractivity (Wildman–Crippen MR) is 75.7 cm³/mol. The average Bonchev–Trinajstić information content (AvgIpc) is 2.58. The van der Waals surface area contributed by atoms with E-state index in [0.29, 0.717) is 3.57 Å². The number of hydrogen-bond acceptors (Lipinski definition) is 2. The van der Waals surface area contributed by atoms with E-state index < -0.39 is 5.97 Å². The second kappa shape index (κ2) is 4.77. The molecule has 0 radical (unpaired) electrons. The number of halogens is 2. The van der Waals surface area contributed by atoms with Crippen molar-refractivity contribution in [2.45, 2.75) is 6.92 Å². The summed E-state index contributed by atoms with van der Waals surface area (Å²) < 4.78 is 3.27. The Bertz CT molecular complexity index is 578. The molecule has 0 amide bonds. The fourth-order valence-corrected chi connectivity index (χ4v) is 2.28. The van der Waals surface area contributed by atoms with Crippen LogP contribution in [-0.4, -0.2) is 20.9 Å².